The van der Waals surface area contributed by atoms with E-state index < -0.39 is 6.04 Å². The number of nitrogens with zero attached hydrogens (tertiary/aromatic N) is 5. The van der Waals surface area contributed by atoms with E-state index >= 15 is 0 Å². The third-order valence-electron chi connectivity index (χ3n) is 5.35. The Morgan fingerprint density at radius 3 is 2.64 bits per heavy atom. The van der Waals surface area contributed by atoms with Crippen molar-refractivity contribution in [1.82, 2.24) is 30.1 Å². The van der Waals surface area contributed by atoms with Gasteiger partial charge in [-0.1, -0.05) is 18.2 Å². The van der Waals surface area contributed by atoms with Gasteiger partial charge in [-0.15, -0.1) is 0 Å². The first-order valence-corrected chi connectivity index (χ1v) is 10.6. The molecule has 0 bridgehead atoms. The molecular formula is C22H25ClN6O4. The number of hydrogen-bond donors (Lipinski definition) is 1. The van der Waals surface area contributed by atoms with Crippen LogP contribution in [0.4, 0.5) is 0 Å². The fourth-order valence-electron chi connectivity index (χ4n) is 3.94. The maximum Gasteiger partial charge on any atom is 0.269 e. The summed E-state index contributed by atoms with van der Waals surface area (Å²) < 4.78 is 5.32. The average Bonchev–Trinajstić information content (AvgIpc) is 2.82. The van der Waals surface area contributed by atoms with Crippen molar-refractivity contribution in [2.24, 2.45) is 0 Å². The van der Waals surface area contributed by atoms with E-state index in [9.17, 15) is 14.4 Å². The van der Waals surface area contributed by atoms with Crippen molar-refractivity contribution in [3.05, 3.63) is 53.6 Å². The van der Waals surface area contributed by atoms with E-state index in [-0.39, 0.29) is 47.8 Å². The molecule has 0 spiro atoms. The number of aromatic nitrogens is 3. The number of carbonyl (C=O) groups is 3. The summed E-state index contributed by atoms with van der Waals surface area (Å²) in [5.41, 5.74) is 1.65. The molecular weight excluding hydrogens is 448 g/mol. The zero-order valence-corrected chi connectivity index (χ0v) is 19.4. The summed E-state index contributed by atoms with van der Waals surface area (Å²) in [7, 11) is 3.05. The monoisotopic (exact) mass is 472 g/mol. The minimum absolute atomic E-state index is 0.161. The molecule has 1 aliphatic heterocycles. The van der Waals surface area contributed by atoms with E-state index in [2.05, 4.69) is 26.8 Å². The van der Waals surface area contributed by atoms with Gasteiger partial charge in [0, 0.05) is 34.2 Å². The Hall–Kier alpha value is -3.37. The average molecular weight is 473 g/mol. The lowest BCUT2D eigenvalue weighted by Gasteiger charge is -2.46. The predicted molar refractivity (Wildman–Crippen MR) is 121 cm³/mol. The highest BCUT2D eigenvalue weighted by Gasteiger charge is 2.38. The van der Waals surface area contributed by atoms with Crippen LogP contribution >= 0.6 is 11.6 Å². The van der Waals surface area contributed by atoms with Crippen molar-refractivity contribution in [3.63, 3.8) is 0 Å². The van der Waals surface area contributed by atoms with Gasteiger partial charge in [-0.2, -0.15) is 0 Å². The first-order valence-electron chi connectivity index (χ1n) is 10.2. The van der Waals surface area contributed by atoms with E-state index in [1.165, 1.54) is 32.4 Å². The third kappa shape index (κ3) is 5.35. The minimum atomic E-state index is -0.500. The van der Waals surface area contributed by atoms with Crippen LogP contribution in [0.3, 0.4) is 0 Å². The van der Waals surface area contributed by atoms with Crippen molar-refractivity contribution in [2.75, 3.05) is 33.9 Å². The molecule has 3 heterocycles. The zero-order chi connectivity index (χ0) is 24.1. The molecule has 174 valence electrons. The second-order valence-electron chi connectivity index (χ2n) is 7.47. The van der Waals surface area contributed by atoms with Gasteiger partial charge in [-0.05, 0) is 29.8 Å². The smallest absolute Gasteiger partial charge is 0.269 e. The molecule has 2 atom stereocenters. The van der Waals surface area contributed by atoms with E-state index in [0.717, 1.165) is 0 Å². The molecule has 0 aliphatic carbocycles. The number of methoxy groups -OCH3 is 1. The highest BCUT2D eigenvalue weighted by atomic mass is 35.5. The largest absolute Gasteiger partial charge is 0.382 e. The van der Waals surface area contributed by atoms with Crippen LogP contribution in [0, 0.1) is 0 Å². The lowest BCUT2D eigenvalue weighted by molar-refractivity contribution is -0.146. The van der Waals surface area contributed by atoms with Crippen LogP contribution in [-0.4, -0.2) is 82.4 Å². The number of carbonyl (C=O) groups excluding carboxylic acids is 3. The quantitative estimate of drug-likeness (QED) is 0.499. The molecule has 0 saturated carbocycles. The maximum atomic E-state index is 12.6. The molecule has 2 aromatic rings. The van der Waals surface area contributed by atoms with Gasteiger partial charge in [0.15, 0.2) is 0 Å². The van der Waals surface area contributed by atoms with E-state index in [1.807, 2.05) is 0 Å². The highest BCUT2D eigenvalue weighted by Crippen LogP contribution is 2.32. The van der Waals surface area contributed by atoms with Gasteiger partial charge >= 0.3 is 0 Å². The van der Waals surface area contributed by atoms with E-state index in [1.54, 1.807) is 29.0 Å². The molecule has 1 N–H and O–H groups in total. The normalized spacial score (nSPS) is 18.1. The summed E-state index contributed by atoms with van der Waals surface area (Å²) in [6.45, 7) is 5.87. The van der Waals surface area contributed by atoms with Crippen LogP contribution in [-0.2, 0) is 14.3 Å². The molecule has 1 aliphatic rings. The Kier molecular flexibility index (Phi) is 7.72. The molecule has 1 saturated heterocycles. The SMILES string of the molecule is C=CC(=O)N1C[C@@H](COC)N(C(C)=O)[C@H](c2cc(Cl)nc(-c3cc(C(=O)NC)ncn3)c2)C1. The second kappa shape index (κ2) is 10.5. The Bertz CT molecular complexity index is 1080. The van der Waals surface area contributed by atoms with Gasteiger partial charge in [0.2, 0.25) is 11.8 Å². The number of rotatable bonds is 6. The van der Waals surface area contributed by atoms with Crippen molar-refractivity contribution < 1.29 is 19.1 Å². The van der Waals surface area contributed by atoms with Gasteiger partial charge < -0.3 is 19.9 Å². The lowest BCUT2D eigenvalue weighted by Crippen LogP contribution is -2.58. The fraction of sp³-hybridized carbons (Fsp3) is 0.364. The molecule has 10 nitrogen and oxygen atoms in total. The van der Waals surface area contributed by atoms with Gasteiger partial charge in [-0.25, -0.2) is 15.0 Å². The lowest BCUT2D eigenvalue weighted by atomic mass is 9.98. The van der Waals surface area contributed by atoms with Crippen LogP contribution in [0.2, 0.25) is 5.15 Å². The number of ether oxygens (including phenoxy) is 1. The van der Waals surface area contributed by atoms with Crippen molar-refractivity contribution in [1.29, 1.82) is 0 Å². The molecule has 1 fully saturated rings. The Balaban J connectivity index is 2.08. The first kappa shape index (κ1) is 24.3. The Labute approximate surface area is 196 Å². The van der Waals surface area contributed by atoms with Crippen molar-refractivity contribution >= 4 is 29.3 Å². The number of halogens is 1. The summed E-state index contributed by atoms with van der Waals surface area (Å²) in [4.78, 5) is 52.9. The summed E-state index contributed by atoms with van der Waals surface area (Å²) in [5, 5.41) is 2.70. The Morgan fingerprint density at radius 1 is 1.24 bits per heavy atom. The number of pyridine rings is 1. The number of piperazine rings is 1. The molecule has 3 amide bonds. The number of amides is 3. The fourth-order valence-corrected chi connectivity index (χ4v) is 4.15. The van der Waals surface area contributed by atoms with Crippen LogP contribution in [0.5, 0.6) is 0 Å². The zero-order valence-electron chi connectivity index (χ0n) is 18.6. The van der Waals surface area contributed by atoms with Crippen molar-refractivity contribution in [2.45, 2.75) is 19.0 Å². The minimum Gasteiger partial charge on any atom is -0.382 e. The second-order valence-corrected chi connectivity index (χ2v) is 7.86. The third-order valence-corrected chi connectivity index (χ3v) is 5.55. The van der Waals surface area contributed by atoms with Crippen LogP contribution in [0.1, 0.15) is 29.0 Å². The van der Waals surface area contributed by atoms with E-state index in [4.69, 9.17) is 16.3 Å². The van der Waals surface area contributed by atoms with Gasteiger partial charge in [-0.3, -0.25) is 14.4 Å². The van der Waals surface area contributed by atoms with Crippen LogP contribution in [0.25, 0.3) is 11.4 Å². The number of hydrogen-bond acceptors (Lipinski definition) is 7. The Morgan fingerprint density at radius 2 is 2.00 bits per heavy atom. The summed E-state index contributed by atoms with van der Waals surface area (Å²) in [6, 6.07) is 4.04. The molecule has 0 radical (unpaired) electrons. The van der Waals surface area contributed by atoms with Crippen LogP contribution in [0.15, 0.2) is 37.2 Å². The van der Waals surface area contributed by atoms with Gasteiger partial charge in [0.25, 0.3) is 5.91 Å². The molecule has 3 rings (SSSR count). The van der Waals surface area contributed by atoms with Crippen molar-refractivity contribution in [3.8, 4) is 11.4 Å². The summed E-state index contributed by atoms with van der Waals surface area (Å²) in [5.74, 6) is -0.765. The van der Waals surface area contributed by atoms with Crippen LogP contribution < -0.4 is 5.32 Å². The van der Waals surface area contributed by atoms with Gasteiger partial charge in [0.1, 0.15) is 17.2 Å². The first-order chi connectivity index (χ1) is 15.8. The topological polar surface area (TPSA) is 118 Å². The standard InChI is InChI=1S/C22H25ClN6O4/c1-5-21(31)28-9-15(11-33-4)29(13(2)30)19(10-28)14-6-17(27-20(23)7-14)16-8-18(22(32)24-3)26-12-25-16/h5-8,12,15,19H,1,9-11H2,2-4H3,(H,24,32)/t15-,19-/m0/s1. The predicted octanol–water partition coefficient (Wildman–Crippen LogP) is 1.48. The maximum absolute atomic E-state index is 12.6. The van der Waals surface area contributed by atoms with Gasteiger partial charge in [0.05, 0.1) is 30.1 Å². The molecule has 0 aromatic carbocycles. The summed E-state index contributed by atoms with van der Waals surface area (Å²) >= 11 is 6.34. The highest BCUT2D eigenvalue weighted by molar-refractivity contribution is 6.29. The number of nitrogens with one attached hydrogen (secondary N) is 1. The van der Waals surface area contributed by atoms with E-state index in [0.29, 0.717) is 23.5 Å². The summed E-state index contributed by atoms with van der Waals surface area (Å²) in [6.07, 6.45) is 2.51. The molecule has 0 unspecified atom stereocenters. The molecule has 2 aromatic heterocycles. The molecule has 33 heavy (non-hydrogen) atoms. The molecule has 11 heteroatoms.